The van der Waals surface area contributed by atoms with Gasteiger partial charge in [-0.1, -0.05) is 30.3 Å². The molecule has 0 spiro atoms. The molecule has 2 N–H and O–H groups in total. The SMILES string of the molecule is Cc1nc(C(=O)N[C@H](C)C(=O)NCc2ccccc2)c2n1CCCC2. The van der Waals surface area contributed by atoms with Gasteiger partial charge in [0, 0.05) is 13.1 Å². The Bertz CT molecular complexity index is 767. The van der Waals surface area contributed by atoms with E-state index in [1.54, 1.807) is 6.92 Å². The molecule has 6 nitrogen and oxygen atoms in total. The third kappa shape index (κ3) is 3.90. The number of carbonyl (C=O) groups is 2. The Morgan fingerprint density at radius 3 is 2.76 bits per heavy atom. The highest BCUT2D eigenvalue weighted by Gasteiger charge is 2.25. The van der Waals surface area contributed by atoms with Crippen molar-refractivity contribution in [1.82, 2.24) is 20.2 Å². The molecule has 1 aromatic carbocycles. The highest BCUT2D eigenvalue weighted by molar-refractivity contribution is 5.97. The standard InChI is InChI=1S/C19H24N4O2/c1-13(18(24)20-12-15-8-4-3-5-9-15)21-19(25)17-16-10-6-7-11-23(16)14(2)22-17/h3-5,8-9,13H,6-7,10-12H2,1-2H3,(H,20,24)(H,21,25)/t13-/m1/s1. The fraction of sp³-hybridized carbons (Fsp3) is 0.421. The van der Waals surface area contributed by atoms with Crippen LogP contribution in [-0.2, 0) is 24.3 Å². The van der Waals surface area contributed by atoms with E-state index in [9.17, 15) is 9.59 Å². The second kappa shape index (κ2) is 7.51. The van der Waals surface area contributed by atoms with E-state index in [1.165, 1.54) is 0 Å². The highest BCUT2D eigenvalue weighted by atomic mass is 16.2. The third-order valence-corrected chi connectivity index (χ3v) is 4.57. The molecule has 25 heavy (non-hydrogen) atoms. The lowest BCUT2D eigenvalue weighted by Gasteiger charge is -2.17. The highest BCUT2D eigenvalue weighted by Crippen LogP contribution is 2.20. The molecule has 6 heteroatoms. The second-order valence-electron chi connectivity index (χ2n) is 6.46. The molecule has 1 atom stereocenters. The lowest BCUT2D eigenvalue weighted by molar-refractivity contribution is -0.122. The van der Waals surface area contributed by atoms with E-state index >= 15 is 0 Å². The first-order valence-electron chi connectivity index (χ1n) is 8.74. The number of nitrogens with zero attached hydrogens (tertiary/aromatic N) is 2. The summed E-state index contributed by atoms with van der Waals surface area (Å²) in [7, 11) is 0. The van der Waals surface area contributed by atoms with Crippen molar-refractivity contribution in [3.05, 3.63) is 53.1 Å². The average molecular weight is 340 g/mol. The van der Waals surface area contributed by atoms with Gasteiger partial charge in [0.25, 0.3) is 5.91 Å². The number of rotatable bonds is 5. The van der Waals surface area contributed by atoms with E-state index in [-0.39, 0.29) is 11.8 Å². The Kier molecular flexibility index (Phi) is 5.16. The van der Waals surface area contributed by atoms with E-state index in [4.69, 9.17) is 0 Å². The molecular formula is C19H24N4O2. The van der Waals surface area contributed by atoms with Crippen LogP contribution in [0.15, 0.2) is 30.3 Å². The van der Waals surface area contributed by atoms with Crippen molar-refractivity contribution < 1.29 is 9.59 Å². The van der Waals surface area contributed by atoms with E-state index < -0.39 is 6.04 Å². The molecule has 0 saturated carbocycles. The van der Waals surface area contributed by atoms with Gasteiger partial charge in [0.05, 0.1) is 5.69 Å². The van der Waals surface area contributed by atoms with Crippen LogP contribution in [0.4, 0.5) is 0 Å². The third-order valence-electron chi connectivity index (χ3n) is 4.57. The molecular weight excluding hydrogens is 316 g/mol. The van der Waals surface area contributed by atoms with Crippen molar-refractivity contribution in [3.63, 3.8) is 0 Å². The minimum atomic E-state index is -0.613. The Balaban J connectivity index is 1.60. The van der Waals surface area contributed by atoms with Crippen LogP contribution < -0.4 is 10.6 Å². The van der Waals surface area contributed by atoms with Crippen molar-refractivity contribution >= 4 is 11.8 Å². The van der Waals surface area contributed by atoms with E-state index in [2.05, 4.69) is 20.2 Å². The van der Waals surface area contributed by atoms with Gasteiger partial charge in [-0.25, -0.2) is 4.98 Å². The van der Waals surface area contributed by atoms with Gasteiger partial charge in [-0.2, -0.15) is 0 Å². The van der Waals surface area contributed by atoms with Gasteiger partial charge in [0.2, 0.25) is 5.91 Å². The van der Waals surface area contributed by atoms with Crippen LogP contribution in [0.25, 0.3) is 0 Å². The number of aromatic nitrogens is 2. The molecule has 0 radical (unpaired) electrons. The summed E-state index contributed by atoms with van der Waals surface area (Å²) in [5, 5.41) is 5.61. The fourth-order valence-electron chi connectivity index (χ4n) is 3.17. The summed E-state index contributed by atoms with van der Waals surface area (Å²) in [6, 6.07) is 9.07. The minimum Gasteiger partial charge on any atom is -0.350 e. The van der Waals surface area contributed by atoms with Gasteiger partial charge in [-0.3, -0.25) is 9.59 Å². The maximum atomic E-state index is 12.6. The van der Waals surface area contributed by atoms with Crippen molar-refractivity contribution in [1.29, 1.82) is 0 Å². The molecule has 132 valence electrons. The lowest BCUT2D eigenvalue weighted by Crippen LogP contribution is -2.44. The number of fused-ring (bicyclic) bond motifs is 1. The van der Waals surface area contributed by atoms with Crippen LogP contribution in [0, 0.1) is 6.92 Å². The van der Waals surface area contributed by atoms with Crippen LogP contribution in [0.1, 0.15) is 47.3 Å². The first-order valence-corrected chi connectivity index (χ1v) is 8.74. The molecule has 0 saturated heterocycles. The Morgan fingerprint density at radius 2 is 2.00 bits per heavy atom. The fourth-order valence-corrected chi connectivity index (χ4v) is 3.17. The van der Waals surface area contributed by atoms with Gasteiger partial charge < -0.3 is 15.2 Å². The van der Waals surface area contributed by atoms with Gasteiger partial charge in [0.1, 0.15) is 17.6 Å². The van der Waals surface area contributed by atoms with Gasteiger partial charge >= 0.3 is 0 Å². The smallest absolute Gasteiger partial charge is 0.272 e. The quantitative estimate of drug-likeness (QED) is 0.874. The molecule has 0 bridgehead atoms. The largest absolute Gasteiger partial charge is 0.350 e. The Morgan fingerprint density at radius 1 is 1.24 bits per heavy atom. The molecule has 0 aliphatic carbocycles. The van der Waals surface area contributed by atoms with Crippen molar-refractivity contribution in [2.75, 3.05) is 0 Å². The maximum Gasteiger partial charge on any atom is 0.272 e. The summed E-state index contributed by atoms with van der Waals surface area (Å²) in [5.41, 5.74) is 2.46. The molecule has 2 aromatic rings. The predicted octanol–water partition coefficient (Wildman–Crippen LogP) is 1.96. The topological polar surface area (TPSA) is 76.0 Å². The summed E-state index contributed by atoms with van der Waals surface area (Å²) < 4.78 is 2.11. The van der Waals surface area contributed by atoms with E-state index in [1.807, 2.05) is 37.3 Å². The molecule has 1 aliphatic rings. The van der Waals surface area contributed by atoms with Gasteiger partial charge in [0.15, 0.2) is 0 Å². The van der Waals surface area contributed by atoms with E-state index in [0.29, 0.717) is 12.2 Å². The minimum absolute atomic E-state index is 0.206. The summed E-state index contributed by atoms with van der Waals surface area (Å²) in [5.74, 6) is 0.379. The number of carbonyl (C=O) groups excluding carboxylic acids is 2. The van der Waals surface area contributed by atoms with Crippen LogP contribution in [0.3, 0.4) is 0 Å². The summed E-state index contributed by atoms with van der Waals surface area (Å²) in [6.07, 6.45) is 3.04. The maximum absolute atomic E-state index is 12.6. The monoisotopic (exact) mass is 340 g/mol. The zero-order valence-electron chi connectivity index (χ0n) is 14.7. The normalized spacial score (nSPS) is 14.5. The summed E-state index contributed by atoms with van der Waals surface area (Å²) in [6.45, 7) is 4.96. The summed E-state index contributed by atoms with van der Waals surface area (Å²) >= 11 is 0. The van der Waals surface area contributed by atoms with Crippen LogP contribution in [0.2, 0.25) is 0 Å². The molecule has 1 aliphatic heterocycles. The molecule has 3 rings (SSSR count). The van der Waals surface area contributed by atoms with Gasteiger partial charge in [-0.15, -0.1) is 0 Å². The number of benzene rings is 1. The predicted molar refractivity (Wildman–Crippen MR) is 95.1 cm³/mol. The van der Waals surface area contributed by atoms with Crippen molar-refractivity contribution in [2.24, 2.45) is 0 Å². The number of hydrogen-bond donors (Lipinski definition) is 2. The molecule has 2 amide bonds. The van der Waals surface area contributed by atoms with Crippen LogP contribution in [-0.4, -0.2) is 27.4 Å². The van der Waals surface area contributed by atoms with E-state index in [0.717, 1.165) is 42.9 Å². The van der Waals surface area contributed by atoms with Crippen LogP contribution in [0.5, 0.6) is 0 Å². The number of imidazole rings is 1. The average Bonchev–Trinajstić information content (AvgIpc) is 2.98. The van der Waals surface area contributed by atoms with Crippen LogP contribution >= 0.6 is 0 Å². The second-order valence-corrected chi connectivity index (χ2v) is 6.46. The molecule has 0 fully saturated rings. The Hall–Kier alpha value is -2.63. The number of hydrogen-bond acceptors (Lipinski definition) is 3. The molecule has 0 unspecified atom stereocenters. The summed E-state index contributed by atoms with van der Waals surface area (Å²) in [4.78, 5) is 29.2. The first kappa shape index (κ1) is 17.2. The zero-order chi connectivity index (χ0) is 17.8. The Labute approximate surface area is 147 Å². The first-order chi connectivity index (χ1) is 12.1. The lowest BCUT2D eigenvalue weighted by atomic mass is 10.1. The number of nitrogens with one attached hydrogen (secondary N) is 2. The van der Waals surface area contributed by atoms with Crippen molar-refractivity contribution in [3.8, 4) is 0 Å². The number of aryl methyl sites for hydroxylation is 1. The number of amides is 2. The molecule has 1 aromatic heterocycles. The zero-order valence-corrected chi connectivity index (χ0v) is 14.7. The van der Waals surface area contributed by atoms with Gasteiger partial charge in [-0.05, 0) is 38.7 Å². The van der Waals surface area contributed by atoms with Crippen molar-refractivity contribution in [2.45, 2.75) is 52.2 Å². The molecule has 2 heterocycles.